The van der Waals surface area contributed by atoms with E-state index in [9.17, 15) is 19.5 Å². The quantitative estimate of drug-likeness (QED) is 0.474. The molecular weight excluding hydrogens is 440 g/mol. The van der Waals surface area contributed by atoms with Gasteiger partial charge in [0.2, 0.25) is 0 Å². The van der Waals surface area contributed by atoms with Gasteiger partial charge < -0.3 is 10.2 Å². The van der Waals surface area contributed by atoms with Crippen LogP contribution in [0.2, 0.25) is 0 Å². The van der Waals surface area contributed by atoms with Gasteiger partial charge in [-0.25, -0.2) is 4.79 Å². The number of carbonyl (C=O) groups excluding carboxylic acids is 2. The molecular formula is C30H44O5. The second kappa shape index (κ2) is 8.39. The second-order valence-electron chi connectivity index (χ2n) is 13.4. The van der Waals surface area contributed by atoms with Crippen molar-refractivity contribution in [3.8, 4) is 0 Å². The van der Waals surface area contributed by atoms with Crippen LogP contribution in [0.5, 0.6) is 0 Å². The molecule has 4 rings (SSSR count). The van der Waals surface area contributed by atoms with Crippen molar-refractivity contribution in [2.75, 3.05) is 0 Å². The van der Waals surface area contributed by atoms with Crippen LogP contribution in [0.1, 0.15) is 99.8 Å². The van der Waals surface area contributed by atoms with Gasteiger partial charge in [-0.3, -0.25) is 9.59 Å². The third-order valence-electron chi connectivity index (χ3n) is 11.4. The molecule has 0 aromatic carbocycles. The molecule has 0 amide bonds. The van der Waals surface area contributed by atoms with E-state index in [4.69, 9.17) is 5.11 Å². The summed E-state index contributed by atoms with van der Waals surface area (Å²) >= 11 is 0. The SMILES string of the molecule is CC(=CCCC(C)C1CCC2(C)C3=C(C(O)CC12C)C1(C)CCC(=O)C(C)(C)C1CC3=O)C(=O)O. The van der Waals surface area contributed by atoms with Crippen LogP contribution < -0.4 is 0 Å². The molecule has 2 saturated carbocycles. The summed E-state index contributed by atoms with van der Waals surface area (Å²) in [5.41, 5.74) is 0.849. The zero-order valence-electron chi connectivity index (χ0n) is 22.7. The van der Waals surface area contributed by atoms with Crippen LogP contribution >= 0.6 is 0 Å². The molecule has 4 aliphatic rings. The van der Waals surface area contributed by atoms with Crippen molar-refractivity contribution < 1.29 is 24.6 Å². The van der Waals surface area contributed by atoms with E-state index in [2.05, 4.69) is 27.7 Å². The minimum Gasteiger partial charge on any atom is -0.478 e. The van der Waals surface area contributed by atoms with E-state index < -0.39 is 17.5 Å². The van der Waals surface area contributed by atoms with Crippen LogP contribution in [-0.2, 0) is 14.4 Å². The number of carboxylic acids is 1. The summed E-state index contributed by atoms with van der Waals surface area (Å²) in [5, 5.41) is 20.9. The first kappa shape index (κ1) is 26.3. The lowest BCUT2D eigenvalue weighted by atomic mass is 9.42. The van der Waals surface area contributed by atoms with E-state index in [-0.39, 0.29) is 33.7 Å². The maximum Gasteiger partial charge on any atom is 0.330 e. The fourth-order valence-corrected chi connectivity index (χ4v) is 9.05. The summed E-state index contributed by atoms with van der Waals surface area (Å²) in [6.45, 7) is 14.6. The van der Waals surface area contributed by atoms with Gasteiger partial charge in [-0.05, 0) is 79.6 Å². The van der Waals surface area contributed by atoms with Crippen molar-refractivity contribution in [2.24, 2.45) is 39.4 Å². The molecule has 5 heteroatoms. The van der Waals surface area contributed by atoms with Crippen molar-refractivity contribution in [1.29, 1.82) is 0 Å². The highest BCUT2D eigenvalue weighted by Gasteiger charge is 2.67. The minimum absolute atomic E-state index is 0.0644. The summed E-state index contributed by atoms with van der Waals surface area (Å²) in [5.74, 6) is 0.166. The number of carbonyl (C=O) groups is 3. The minimum atomic E-state index is -0.872. The van der Waals surface area contributed by atoms with Gasteiger partial charge in [0, 0.05) is 34.8 Å². The Bertz CT molecular complexity index is 1020. The number of carboxylic acid groups (broad SMARTS) is 1. The van der Waals surface area contributed by atoms with Crippen molar-refractivity contribution in [3.05, 3.63) is 22.8 Å². The Labute approximate surface area is 210 Å². The van der Waals surface area contributed by atoms with Gasteiger partial charge in [-0.2, -0.15) is 0 Å². The van der Waals surface area contributed by atoms with Gasteiger partial charge in [0.1, 0.15) is 5.78 Å². The fraction of sp³-hybridized carbons (Fsp3) is 0.767. The molecule has 0 aromatic heterocycles. The molecule has 35 heavy (non-hydrogen) atoms. The van der Waals surface area contributed by atoms with E-state index in [1.807, 2.05) is 19.9 Å². The smallest absolute Gasteiger partial charge is 0.330 e. The Hall–Kier alpha value is -1.75. The van der Waals surface area contributed by atoms with E-state index >= 15 is 0 Å². The number of fused-ring (bicyclic) bond motifs is 4. The Balaban J connectivity index is 1.71. The molecule has 0 aliphatic heterocycles. The maximum absolute atomic E-state index is 13.9. The number of allylic oxidation sites excluding steroid dienone is 2. The number of rotatable bonds is 5. The molecule has 0 heterocycles. The highest BCUT2D eigenvalue weighted by atomic mass is 16.4. The number of hydrogen-bond donors (Lipinski definition) is 2. The van der Waals surface area contributed by atoms with Gasteiger partial charge in [0.25, 0.3) is 0 Å². The molecule has 2 fully saturated rings. The molecule has 2 N–H and O–H groups in total. The zero-order valence-corrected chi connectivity index (χ0v) is 22.7. The standard InChI is InChI=1S/C30H44O5/c1-17(9-8-10-18(2)26(34)35)19-11-14-29(6)25-20(31)15-22-27(3,4)23(33)12-13-28(22,5)24(25)21(32)16-30(19,29)7/h10,17,19,21-22,32H,8-9,11-16H2,1-7H3,(H,34,35). The summed E-state index contributed by atoms with van der Waals surface area (Å²) in [6, 6.07) is 0. The first-order chi connectivity index (χ1) is 16.1. The van der Waals surface area contributed by atoms with Crippen LogP contribution in [0.3, 0.4) is 0 Å². The molecule has 194 valence electrons. The monoisotopic (exact) mass is 484 g/mol. The van der Waals surface area contributed by atoms with Gasteiger partial charge in [-0.15, -0.1) is 0 Å². The Morgan fingerprint density at radius 3 is 2.43 bits per heavy atom. The molecule has 0 spiro atoms. The zero-order chi connectivity index (χ0) is 26.1. The van der Waals surface area contributed by atoms with Crippen LogP contribution in [0, 0.1) is 39.4 Å². The van der Waals surface area contributed by atoms with Gasteiger partial charge >= 0.3 is 5.97 Å². The van der Waals surface area contributed by atoms with Gasteiger partial charge in [-0.1, -0.05) is 47.6 Å². The average Bonchev–Trinajstić information content (AvgIpc) is 3.03. The largest absolute Gasteiger partial charge is 0.478 e. The topological polar surface area (TPSA) is 91.7 Å². The lowest BCUT2D eigenvalue weighted by Crippen LogP contribution is -2.59. The summed E-state index contributed by atoms with van der Waals surface area (Å²) in [7, 11) is 0. The number of hydrogen-bond acceptors (Lipinski definition) is 4. The highest BCUT2D eigenvalue weighted by molar-refractivity contribution is 6.01. The first-order valence-electron chi connectivity index (χ1n) is 13.5. The summed E-state index contributed by atoms with van der Waals surface area (Å²) in [6.07, 6.45) is 6.97. The molecule has 7 atom stereocenters. The predicted octanol–water partition coefficient (Wildman–Crippen LogP) is 5.90. The van der Waals surface area contributed by atoms with Crippen molar-refractivity contribution in [1.82, 2.24) is 0 Å². The predicted molar refractivity (Wildman–Crippen MR) is 136 cm³/mol. The maximum atomic E-state index is 13.9. The van der Waals surface area contributed by atoms with Crippen molar-refractivity contribution in [3.63, 3.8) is 0 Å². The Kier molecular flexibility index (Phi) is 6.31. The normalized spacial score (nSPS) is 41.8. The van der Waals surface area contributed by atoms with Crippen molar-refractivity contribution in [2.45, 2.75) is 106 Å². The average molecular weight is 485 g/mol. The molecule has 5 nitrogen and oxygen atoms in total. The number of aliphatic hydroxyl groups excluding tert-OH is 1. The third kappa shape index (κ3) is 3.62. The molecule has 0 bridgehead atoms. The summed E-state index contributed by atoms with van der Waals surface area (Å²) in [4.78, 5) is 37.9. The Morgan fingerprint density at radius 1 is 1.14 bits per heavy atom. The Morgan fingerprint density at radius 2 is 1.80 bits per heavy atom. The fourth-order valence-electron chi connectivity index (χ4n) is 9.05. The van der Waals surface area contributed by atoms with E-state index in [0.717, 1.165) is 36.8 Å². The third-order valence-corrected chi connectivity index (χ3v) is 11.4. The lowest BCUT2D eigenvalue weighted by molar-refractivity contribution is -0.144. The number of aliphatic carboxylic acids is 1. The van der Waals surface area contributed by atoms with Crippen LogP contribution in [0.25, 0.3) is 0 Å². The molecule has 7 unspecified atom stereocenters. The van der Waals surface area contributed by atoms with E-state index in [1.165, 1.54) is 0 Å². The number of aliphatic hydroxyl groups is 1. The van der Waals surface area contributed by atoms with Crippen LogP contribution in [0.15, 0.2) is 22.8 Å². The van der Waals surface area contributed by atoms with Gasteiger partial charge in [0.15, 0.2) is 5.78 Å². The highest BCUT2D eigenvalue weighted by Crippen LogP contribution is 2.71. The molecule has 0 saturated heterocycles. The second-order valence-corrected chi connectivity index (χ2v) is 13.4. The number of Topliss-reactive ketones (excluding diaryl/α,β-unsaturated/α-hetero) is 2. The number of ketones is 2. The van der Waals surface area contributed by atoms with Crippen LogP contribution in [0.4, 0.5) is 0 Å². The first-order valence-corrected chi connectivity index (χ1v) is 13.5. The van der Waals surface area contributed by atoms with E-state index in [1.54, 1.807) is 6.92 Å². The summed E-state index contributed by atoms with van der Waals surface area (Å²) < 4.78 is 0. The molecule has 4 aliphatic carbocycles. The molecule has 0 radical (unpaired) electrons. The van der Waals surface area contributed by atoms with Crippen LogP contribution in [-0.4, -0.2) is 33.9 Å². The molecule has 0 aromatic rings. The lowest BCUT2D eigenvalue weighted by Gasteiger charge is -2.61. The van der Waals surface area contributed by atoms with Gasteiger partial charge in [0.05, 0.1) is 6.10 Å². The van der Waals surface area contributed by atoms with E-state index in [0.29, 0.717) is 43.1 Å². The van der Waals surface area contributed by atoms with Crippen molar-refractivity contribution >= 4 is 17.5 Å².